The standard InChI is InChI=1S/C20H20N4O2S/c21-10-12-23-20(26)18(27-15-17-5-2-1-3-6-17)14-24-19(25)9-8-16-7-4-11-22-13-16/h1-9,11,13,18H,12,14-15H2,(H,23,26)(H,24,25). The Labute approximate surface area is 162 Å². The molecule has 1 heterocycles. The van der Waals surface area contributed by atoms with Crippen LogP contribution in [0.5, 0.6) is 0 Å². The van der Waals surface area contributed by atoms with Crippen LogP contribution in [0.15, 0.2) is 60.9 Å². The van der Waals surface area contributed by atoms with Crippen molar-refractivity contribution < 1.29 is 9.59 Å². The van der Waals surface area contributed by atoms with Gasteiger partial charge in [-0.1, -0.05) is 36.4 Å². The van der Waals surface area contributed by atoms with Crippen molar-refractivity contribution in [3.63, 3.8) is 0 Å². The normalized spacial score (nSPS) is 11.5. The summed E-state index contributed by atoms with van der Waals surface area (Å²) in [5.74, 6) is 0.0682. The molecule has 1 aromatic heterocycles. The van der Waals surface area contributed by atoms with Crippen molar-refractivity contribution in [2.75, 3.05) is 13.1 Å². The molecule has 1 unspecified atom stereocenters. The van der Waals surface area contributed by atoms with Crippen molar-refractivity contribution in [1.82, 2.24) is 15.6 Å². The maximum atomic E-state index is 12.3. The van der Waals surface area contributed by atoms with E-state index in [0.29, 0.717) is 5.75 Å². The number of benzene rings is 1. The Balaban J connectivity index is 1.90. The lowest BCUT2D eigenvalue weighted by Crippen LogP contribution is -2.40. The van der Waals surface area contributed by atoms with E-state index in [4.69, 9.17) is 5.26 Å². The number of hydrogen-bond donors (Lipinski definition) is 2. The summed E-state index contributed by atoms with van der Waals surface area (Å²) in [5, 5.41) is 13.4. The van der Waals surface area contributed by atoms with Gasteiger partial charge in [0.1, 0.15) is 11.8 Å². The Hall–Kier alpha value is -3.11. The van der Waals surface area contributed by atoms with Crippen molar-refractivity contribution in [2.24, 2.45) is 0 Å². The molecule has 1 atom stereocenters. The lowest BCUT2D eigenvalue weighted by molar-refractivity contribution is -0.120. The second-order valence-corrected chi connectivity index (χ2v) is 6.72. The number of nitriles is 1. The number of aromatic nitrogens is 1. The van der Waals surface area contributed by atoms with Crippen LogP contribution in [0.1, 0.15) is 11.1 Å². The molecule has 0 bridgehead atoms. The Bertz CT molecular complexity index is 804. The topological polar surface area (TPSA) is 94.9 Å². The number of carbonyl (C=O) groups is 2. The number of carbonyl (C=O) groups excluding carboxylic acids is 2. The van der Waals surface area contributed by atoms with E-state index in [-0.39, 0.29) is 24.9 Å². The van der Waals surface area contributed by atoms with Crippen LogP contribution in [0.25, 0.3) is 6.08 Å². The average molecular weight is 380 g/mol. The zero-order valence-corrected chi connectivity index (χ0v) is 15.5. The molecule has 2 amide bonds. The highest BCUT2D eigenvalue weighted by atomic mass is 32.2. The van der Waals surface area contributed by atoms with Crippen LogP contribution < -0.4 is 10.6 Å². The molecule has 2 N–H and O–H groups in total. The van der Waals surface area contributed by atoms with Crippen molar-refractivity contribution in [3.8, 4) is 6.07 Å². The first kappa shape index (κ1) is 20.2. The maximum absolute atomic E-state index is 12.3. The van der Waals surface area contributed by atoms with Crippen molar-refractivity contribution >= 4 is 29.7 Å². The van der Waals surface area contributed by atoms with E-state index in [1.54, 1.807) is 24.5 Å². The van der Waals surface area contributed by atoms with Gasteiger partial charge in [-0.25, -0.2) is 0 Å². The Morgan fingerprint density at radius 2 is 2.00 bits per heavy atom. The Kier molecular flexibility index (Phi) is 8.60. The van der Waals surface area contributed by atoms with E-state index in [9.17, 15) is 9.59 Å². The van der Waals surface area contributed by atoms with E-state index >= 15 is 0 Å². The highest BCUT2D eigenvalue weighted by Crippen LogP contribution is 2.17. The minimum atomic E-state index is -0.491. The van der Waals surface area contributed by atoms with Crippen LogP contribution in [0.2, 0.25) is 0 Å². The third-order valence-electron chi connectivity index (χ3n) is 3.50. The fraction of sp³-hybridized carbons (Fsp3) is 0.200. The monoisotopic (exact) mass is 380 g/mol. The van der Waals surface area contributed by atoms with Crippen LogP contribution in [-0.2, 0) is 15.3 Å². The molecule has 0 spiro atoms. The second kappa shape index (κ2) is 11.5. The Morgan fingerprint density at radius 1 is 1.19 bits per heavy atom. The van der Waals surface area contributed by atoms with Gasteiger partial charge in [-0.2, -0.15) is 5.26 Å². The van der Waals surface area contributed by atoms with Crippen LogP contribution in [0, 0.1) is 11.3 Å². The van der Waals surface area contributed by atoms with Gasteiger partial charge in [0.2, 0.25) is 11.8 Å². The summed E-state index contributed by atoms with van der Waals surface area (Å²) in [6.45, 7) is 0.112. The highest BCUT2D eigenvalue weighted by molar-refractivity contribution is 7.99. The van der Waals surface area contributed by atoms with E-state index in [1.165, 1.54) is 17.8 Å². The first-order chi connectivity index (χ1) is 13.2. The van der Waals surface area contributed by atoms with Gasteiger partial charge in [0.05, 0.1) is 6.07 Å². The molecule has 1 aromatic carbocycles. The SMILES string of the molecule is N#CCNC(=O)C(CNC(=O)C=Cc1cccnc1)SCc1ccccc1. The number of nitrogens with zero attached hydrogens (tertiary/aromatic N) is 2. The molecule has 0 aliphatic rings. The van der Waals surface area contributed by atoms with Gasteiger partial charge in [-0.15, -0.1) is 11.8 Å². The summed E-state index contributed by atoms with van der Waals surface area (Å²) in [6.07, 6.45) is 6.37. The average Bonchev–Trinajstić information content (AvgIpc) is 2.72. The summed E-state index contributed by atoms with van der Waals surface area (Å²) in [5.41, 5.74) is 1.90. The van der Waals surface area contributed by atoms with Gasteiger partial charge < -0.3 is 10.6 Å². The first-order valence-electron chi connectivity index (χ1n) is 8.35. The zero-order chi connectivity index (χ0) is 19.3. The zero-order valence-electron chi connectivity index (χ0n) is 14.7. The summed E-state index contributed by atoms with van der Waals surface area (Å²) in [7, 11) is 0. The van der Waals surface area contributed by atoms with Crippen LogP contribution in [-0.4, -0.2) is 35.1 Å². The second-order valence-electron chi connectivity index (χ2n) is 5.53. The van der Waals surface area contributed by atoms with Crippen LogP contribution in [0.4, 0.5) is 0 Å². The van der Waals surface area contributed by atoms with Crippen molar-refractivity contribution in [3.05, 3.63) is 72.1 Å². The molecule has 0 saturated heterocycles. The van der Waals surface area contributed by atoms with E-state index < -0.39 is 5.25 Å². The fourth-order valence-corrected chi connectivity index (χ4v) is 3.16. The molecule has 6 nitrogen and oxygen atoms in total. The predicted octanol–water partition coefficient (Wildman–Crippen LogP) is 2.15. The molecule has 27 heavy (non-hydrogen) atoms. The van der Waals surface area contributed by atoms with Crippen LogP contribution in [0.3, 0.4) is 0 Å². The number of nitrogens with one attached hydrogen (secondary N) is 2. The number of hydrogen-bond acceptors (Lipinski definition) is 5. The number of thioether (sulfide) groups is 1. The molecule has 0 saturated carbocycles. The Morgan fingerprint density at radius 3 is 2.70 bits per heavy atom. The smallest absolute Gasteiger partial charge is 0.244 e. The molecule has 0 aliphatic carbocycles. The largest absolute Gasteiger partial charge is 0.351 e. The molecule has 0 radical (unpaired) electrons. The van der Waals surface area contributed by atoms with Gasteiger partial charge >= 0.3 is 0 Å². The van der Waals surface area contributed by atoms with Gasteiger partial charge in [-0.3, -0.25) is 14.6 Å². The van der Waals surface area contributed by atoms with Gasteiger partial charge in [-0.05, 0) is 23.3 Å². The number of pyridine rings is 1. The molecule has 0 aliphatic heterocycles. The molecule has 2 aromatic rings. The molecular formula is C20H20N4O2S. The summed E-state index contributed by atoms with van der Waals surface area (Å²) >= 11 is 1.42. The van der Waals surface area contributed by atoms with E-state index in [0.717, 1.165) is 11.1 Å². The minimum Gasteiger partial charge on any atom is -0.351 e. The van der Waals surface area contributed by atoms with E-state index in [1.807, 2.05) is 42.5 Å². The molecule has 0 fully saturated rings. The number of amides is 2. The third-order valence-corrected chi connectivity index (χ3v) is 4.78. The van der Waals surface area contributed by atoms with E-state index in [2.05, 4.69) is 15.6 Å². The summed E-state index contributed by atoms with van der Waals surface area (Å²) < 4.78 is 0. The van der Waals surface area contributed by atoms with Gasteiger partial charge in [0.25, 0.3) is 0 Å². The van der Waals surface area contributed by atoms with Crippen molar-refractivity contribution in [1.29, 1.82) is 5.26 Å². The number of rotatable bonds is 9. The lowest BCUT2D eigenvalue weighted by atomic mass is 10.2. The van der Waals surface area contributed by atoms with Gasteiger partial charge in [0, 0.05) is 30.8 Å². The minimum absolute atomic E-state index is 0.0594. The third kappa shape index (κ3) is 7.75. The summed E-state index contributed by atoms with van der Waals surface area (Å²) in [4.78, 5) is 28.3. The quantitative estimate of drug-likeness (QED) is 0.513. The molecule has 7 heteroatoms. The lowest BCUT2D eigenvalue weighted by Gasteiger charge is -2.16. The predicted molar refractivity (Wildman–Crippen MR) is 106 cm³/mol. The first-order valence-corrected chi connectivity index (χ1v) is 9.40. The summed E-state index contributed by atoms with van der Waals surface area (Å²) in [6, 6.07) is 15.3. The molecule has 138 valence electrons. The van der Waals surface area contributed by atoms with Crippen molar-refractivity contribution in [2.45, 2.75) is 11.0 Å². The molecule has 2 rings (SSSR count). The molecular weight excluding hydrogens is 360 g/mol. The van der Waals surface area contributed by atoms with Gasteiger partial charge in [0.15, 0.2) is 0 Å². The highest BCUT2D eigenvalue weighted by Gasteiger charge is 2.19. The maximum Gasteiger partial charge on any atom is 0.244 e. The van der Waals surface area contributed by atoms with Crippen LogP contribution >= 0.6 is 11.8 Å². The fourth-order valence-electron chi connectivity index (χ4n) is 2.14.